The first-order chi connectivity index (χ1) is 15.0. The first-order valence-corrected chi connectivity index (χ1v) is 11.0. The molecule has 2 heterocycles. The van der Waals surface area contributed by atoms with Crippen molar-refractivity contribution in [3.05, 3.63) is 47.0 Å². The van der Waals surface area contributed by atoms with Gasteiger partial charge in [0.25, 0.3) is 5.91 Å². The van der Waals surface area contributed by atoms with Gasteiger partial charge in [-0.1, -0.05) is 31.0 Å². The number of hydrogen-bond acceptors (Lipinski definition) is 5. The summed E-state index contributed by atoms with van der Waals surface area (Å²) in [5.74, 6) is 0.215. The predicted molar refractivity (Wildman–Crippen MR) is 120 cm³/mol. The van der Waals surface area contributed by atoms with Gasteiger partial charge in [-0.3, -0.25) is 9.59 Å². The zero-order valence-electron chi connectivity index (χ0n) is 17.4. The number of benzene rings is 2. The molecular weight excluding hydrogens is 418 g/mol. The molecule has 8 heteroatoms. The van der Waals surface area contributed by atoms with Crippen LogP contribution in [0.25, 0.3) is 0 Å². The standard InChI is InChI=1S/C23H26ClN3O4/c1-2-6-19(26-22(28)15-11-18(24)21-20(12-15)30-14-31-21)23(29)25-16-7-5-8-17(13-16)27-9-3-4-10-27/h5,7-8,11-13,19H,2-4,6,9-10,14H2,1H3,(H,25,29)(H,26,28). The number of fused-ring (bicyclic) bond motifs is 1. The summed E-state index contributed by atoms with van der Waals surface area (Å²) in [6.45, 7) is 4.10. The average Bonchev–Trinajstić information content (AvgIpc) is 3.46. The SMILES string of the molecule is CCCC(NC(=O)c1cc(Cl)c2c(c1)OCO2)C(=O)Nc1cccc(N2CCCC2)c1. The van der Waals surface area contributed by atoms with Crippen LogP contribution in [0.15, 0.2) is 36.4 Å². The Morgan fingerprint density at radius 1 is 1.16 bits per heavy atom. The lowest BCUT2D eigenvalue weighted by Gasteiger charge is -2.20. The maximum Gasteiger partial charge on any atom is 0.252 e. The van der Waals surface area contributed by atoms with Gasteiger partial charge in [-0.05, 0) is 49.6 Å². The smallest absolute Gasteiger partial charge is 0.252 e. The molecule has 1 unspecified atom stereocenters. The Morgan fingerprint density at radius 2 is 1.97 bits per heavy atom. The Labute approximate surface area is 186 Å². The number of nitrogens with one attached hydrogen (secondary N) is 2. The highest BCUT2D eigenvalue weighted by Gasteiger charge is 2.24. The van der Waals surface area contributed by atoms with Crippen LogP contribution in [0.1, 0.15) is 43.0 Å². The molecule has 0 saturated carbocycles. The highest BCUT2D eigenvalue weighted by Crippen LogP contribution is 2.39. The van der Waals surface area contributed by atoms with Crippen molar-refractivity contribution in [1.29, 1.82) is 0 Å². The second-order valence-electron chi connectivity index (χ2n) is 7.74. The summed E-state index contributed by atoms with van der Waals surface area (Å²) in [6.07, 6.45) is 3.63. The lowest BCUT2D eigenvalue weighted by molar-refractivity contribution is -0.118. The van der Waals surface area contributed by atoms with Gasteiger partial charge in [0.15, 0.2) is 11.5 Å². The van der Waals surface area contributed by atoms with Gasteiger partial charge >= 0.3 is 0 Å². The van der Waals surface area contributed by atoms with Gasteiger partial charge in [-0.25, -0.2) is 0 Å². The minimum Gasteiger partial charge on any atom is -0.454 e. The van der Waals surface area contributed by atoms with Crippen molar-refractivity contribution in [3.63, 3.8) is 0 Å². The molecule has 2 aromatic carbocycles. The summed E-state index contributed by atoms with van der Waals surface area (Å²) in [6, 6.07) is 10.2. The summed E-state index contributed by atoms with van der Waals surface area (Å²) in [5, 5.41) is 6.08. The van der Waals surface area contributed by atoms with Crippen LogP contribution in [0.4, 0.5) is 11.4 Å². The van der Waals surface area contributed by atoms with E-state index >= 15 is 0 Å². The molecule has 1 atom stereocenters. The van der Waals surface area contributed by atoms with Gasteiger partial charge in [-0.15, -0.1) is 0 Å². The number of amides is 2. The molecule has 164 valence electrons. The highest BCUT2D eigenvalue weighted by molar-refractivity contribution is 6.32. The molecule has 2 aliphatic rings. The lowest BCUT2D eigenvalue weighted by Crippen LogP contribution is -2.43. The molecule has 31 heavy (non-hydrogen) atoms. The largest absolute Gasteiger partial charge is 0.454 e. The van der Waals surface area contributed by atoms with Crippen LogP contribution in [0.3, 0.4) is 0 Å². The number of ether oxygens (including phenoxy) is 2. The molecule has 1 fully saturated rings. The first kappa shape index (κ1) is 21.3. The number of rotatable bonds is 7. The van der Waals surface area contributed by atoms with E-state index in [1.54, 1.807) is 6.07 Å². The molecule has 0 aliphatic carbocycles. The molecule has 2 N–H and O–H groups in total. The molecule has 0 spiro atoms. The fraction of sp³-hybridized carbons (Fsp3) is 0.391. The third-order valence-electron chi connectivity index (χ3n) is 5.47. The Balaban J connectivity index is 1.45. The van der Waals surface area contributed by atoms with E-state index in [2.05, 4.69) is 21.6 Å². The second-order valence-corrected chi connectivity index (χ2v) is 8.15. The van der Waals surface area contributed by atoms with Crippen LogP contribution < -0.4 is 25.0 Å². The van der Waals surface area contributed by atoms with Gasteiger partial charge in [-0.2, -0.15) is 0 Å². The van der Waals surface area contributed by atoms with Gasteiger partial charge in [0.2, 0.25) is 12.7 Å². The maximum absolute atomic E-state index is 12.9. The van der Waals surface area contributed by atoms with Crippen molar-refractivity contribution < 1.29 is 19.1 Å². The zero-order chi connectivity index (χ0) is 21.8. The Bertz CT molecular complexity index is 975. The summed E-state index contributed by atoms with van der Waals surface area (Å²) in [7, 11) is 0. The molecule has 2 aliphatic heterocycles. The quantitative estimate of drug-likeness (QED) is 0.670. The number of hydrogen-bond donors (Lipinski definition) is 2. The van der Waals surface area contributed by atoms with Crippen LogP contribution >= 0.6 is 11.6 Å². The van der Waals surface area contributed by atoms with E-state index in [0.717, 1.165) is 30.9 Å². The van der Waals surface area contributed by atoms with E-state index in [0.29, 0.717) is 28.5 Å². The van der Waals surface area contributed by atoms with E-state index in [9.17, 15) is 9.59 Å². The van der Waals surface area contributed by atoms with Crippen LogP contribution in [0.5, 0.6) is 11.5 Å². The fourth-order valence-electron chi connectivity index (χ4n) is 3.88. The average molecular weight is 444 g/mol. The van der Waals surface area contributed by atoms with E-state index in [-0.39, 0.29) is 18.6 Å². The van der Waals surface area contributed by atoms with Crippen molar-refractivity contribution in [1.82, 2.24) is 5.32 Å². The van der Waals surface area contributed by atoms with Crippen molar-refractivity contribution in [2.45, 2.75) is 38.6 Å². The number of nitrogens with zero attached hydrogens (tertiary/aromatic N) is 1. The van der Waals surface area contributed by atoms with Gasteiger partial charge in [0.1, 0.15) is 6.04 Å². The Kier molecular flexibility index (Phi) is 6.51. The van der Waals surface area contributed by atoms with E-state index in [1.807, 2.05) is 25.1 Å². The van der Waals surface area contributed by atoms with Crippen molar-refractivity contribution in [3.8, 4) is 11.5 Å². The zero-order valence-corrected chi connectivity index (χ0v) is 18.2. The summed E-state index contributed by atoms with van der Waals surface area (Å²) >= 11 is 6.19. The van der Waals surface area contributed by atoms with Gasteiger partial charge in [0.05, 0.1) is 5.02 Å². The topological polar surface area (TPSA) is 79.9 Å². The summed E-state index contributed by atoms with van der Waals surface area (Å²) < 4.78 is 10.6. The molecule has 4 rings (SSSR count). The predicted octanol–water partition coefficient (Wildman–Crippen LogP) is 4.21. The number of anilines is 2. The highest BCUT2D eigenvalue weighted by atomic mass is 35.5. The van der Waals surface area contributed by atoms with Crippen LogP contribution in [-0.4, -0.2) is 37.7 Å². The van der Waals surface area contributed by atoms with Crippen molar-refractivity contribution in [2.75, 3.05) is 30.1 Å². The Morgan fingerprint density at radius 3 is 2.74 bits per heavy atom. The molecule has 7 nitrogen and oxygen atoms in total. The minimum absolute atomic E-state index is 0.0669. The third-order valence-corrected chi connectivity index (χ3v) is 5.75. The van der Waals surface area contributed by atoms with Crippen LogP contribution in [0.2, 0.25) is 5.02 Å². The van der Waals surface area contributed by atoms with Crippen molar-refractivity contribution >= 4 is 34.8 Å². The van der Waals surface area contributed by atoms with Gasteiger partial charge < -0.3 is 25.0 Å². The van der Waals surface area contributed by atoms with E-state index in [1.165, 1.54) is 18.9 Å². The first-order valence-electron chi connectivity index (χ1n) is 10.6. The monoisotopic (exact) mass is 443 g/mol. The summed E-state index contributed by atoms with van der Waals surface area (Å²) in [5.41, 5.74) is 2.14. The minimum atomic E-state index is -0.669. The Hall–Kier alpha value is -2.93. The molecular formula is C23H26ClN3O4. The van der Waals surface area contributed by atoms with E-state index < -0.39 is 6.04 Å². The normalized spacial score (nSPS) is 15.6. The third kappa shape index (κ3) is 4.88. The molecule has 1 saturated heterocycles. The number of halogens is 1. The molecule has 0 bridgehead atoms. The number of carbonyl (C=O) groups is 2. The molecule has 0 radical (unpaired) electrons. The fourth-order valence-corrected chi connectivity index (χ4v) is 4.15. The van der Waals surface area contributed by atoms with Crippen molar-refractivity contribution in [2.24, 2.45) is 0 Å². The molecule has 2 amide bonds. The van der Waals surface area contributed by atoms with Crippen LogP contribution in [0, 0.1) is 0 Å². The lowest BCUT2D eigenvalue weighted by atomic mass is 10.1. The van der Waals surface area contributed by atoms with E-state index in [4.69, 9.17) is 21.1 Å². The second kappa shape index (κ2) is 9.47. The number of carbonyl (C=O) groups excluding carboxylic acids is 2. The molecule has 2 aromatic rings. The van der Waals surface area contributed by atoms with Crippen LogP contribution in [-0.2, 0) is 4.79 Å². The maximum atomic E-state index is 12.9. The molecule has 0 aromatic heterocycles. The van der Waals surface area contributed by atoms with Gasteiger partial charge in [0, 0.05) is 30.0 Å². The summed E-state index contributed by atoms with van der Waals surface area (Å²) in [4.78, 5) is 28.1.